The second-order valence-corrected chi connectivity index (χ2v) is 9.04. The number of amidine groups is 2. The molecule has 0 saturated heterocycles. The Balaban J connectivity index is 1.78. The summed E-state index contributed by atoms with van der Waals surface area (Å²) in [5.74, 6) is 0.454. The number of nitrogens with one attached hydrogen (secondary N) is 3. The number of amides is 1. The lowest BCUT2D eigenvalue weighted by Gasteiger charge is -2.21. The molecule has 176 valence electrons. The summed E-state index contributed by atoms with van der Waals surface area (Å²) in [7, 11) is 0. The number of fused-ring (bicyclic) bond motifs is 1. The number of hydrogen-bond acceptors (Lipinski definition) is 7. The predicted octanol–water partition coefficient (Wildman–Crippen LogP) is 4.01. The van der Waals surface area contributed by atoms with E-state index in [1.165, 1.54) is 18.3 Å². The van der Waals surface area contributed by atoms with Crippen molar-refractivity contribution in [1.82, 2.24) is 5.32 Å². The first-order valence-electron chi connectivity index (χ1n) is 10.5. The van der Waals surface area contributed by atoms with Gasteiger partial charge in [-0.15, -0.1) is 11.3 Å². The van der Waals surface area contributed by atoms with Gasteiger partial charge in [-0.25, -0.2) is 0 Å². The molecule has 0 fully saturated rings. The number of carbonyl (C=O) groups is 1. The van der Waals surface area contributed by atoms with Crippen LogP contribution in [0.3, 0.4) is 0 Å². The molecular weight excluding hydrogens is 462 g/mol. The molecule has 2 heterocycles. The van der Waals surface area contributed by atoms with Gasteiger partial charge in [0.25, 0.3) is 0 Å². The van der Waals surface area contributed by atoms with E-state index >= 15 is 0 Å². The standard InChI is InChI=1S/C23H28ClN5O3S/c1-14-19(13-32-11-10-31-9-8-27-16(3)30)33-23-21(14)22(17-4-6-18(24)7-5-17)28-12-20(26)29(23)15(2)25/h4-7,25-26H,8-13H2,1-3H3,(H,27,30). The van der Waals surface area contributed by atoms with E-state index < -0.39 is 0 Å². The van der Waals surface area contributed by atoms with Gasteiger partial charge in [-0.1, -0.05) is 23.7 Å². The van der Waals surface area contributed by atoms with Crippen molar-refractivity contribution in [2.24, 2.45) is 4.99 Å². The molecular formula is C23H28ClN5O3S. The maximum Gasteiger partial charge on any atom is 0.216 e. The van der Waals surface area contributed by atoms with E-state index in [1.807, 2.05) is 31.2 Å². The molecule has 1 aliphatic rings. The van der Waals surface area contributed by atoms with E-state index in [1.54, 1.807) is 11.8 Å². The van der Waals surface area contributed by atoms with Crippen molar-refractivity contribution in [3.63, 3.8) is 0 Å². The summed E-state index contributed by atoms with van der Waals surface area (Å²) in [5.41, 5.74) is 3.65. The lowest BCUT2D eigenvalue weighted by atomic mass is 10.00. The zero-order valence-corrected chi connectivity index (χ0v) is 20.5. The molecule has 0 unspecified atom stereocenters. The molecule has 1 amide bonds. The van der Waals surface area contributed by atoms with Crippen molar-refractivity contribution in [2.45, 2.75) is 27.4 Å². The van der Waals surface area contributed by atoms with Crippen LogP contribution in [0.15, 0.2) is 29.3 Å². The molecule has 0 saturated carbocycles. The molecule has 33 heavy (non-hydrogen) atoms. The monoisotopic (exact) mass is 489 g/mol. The molecule has 0 radical (unpaired) electrons. The maximum absolute atomic E-state index is 10.9. The van der Waals surface area contributed by atoms with Crippen LogP contribution in [-0.4, -0.2) is 56.2 Å². The van der Waals surface area contributed by atoms with Gasteiger partial charge in [-0.05, 0) is 31.5 Å². The Labute approximate surface area is 202 Å². The normalized spacial score (nSPS) is 13.4. The van der Waals surface area contributed by atoms with Crippen molar-refractivity contribution in [3.8, 4) is 0 Å². The second kappa shape index (κ2) is 11.5. The third-order valence-corrected chi connectivity index (χ3v) is 6.50. The number of hydrogen-bond donors (Lipinski definition) is 3. The third kappa shape index (κ3) is 6.26. The number of carbonyl (C=O) groups excluding carboxylic acids is 1. The van der Waals surface area contributed by atoms with E-state index in [0.29, 0.717) is 38.0 Å². The second-order valence-electron chi connectivity index (χ2n) is 7.52. The largest absolute Gasteiger partial charge is 0.377 e. The minimum atomic E-state index is -0.0772. The molecule has 0 atom stereocenters. The molecule has 1 aromatic heterocycles. The molecule has 10 heteroatoms. The lowest BCUT2D eigenvalue weighted by Crippen LogP contribution is -2.35. The fourth-order valence-corrected chi connectivity index (χ4v) is 4.87. The Kier molecular flexibility index (Phi) is 8.74. The minimum absolute atomic E-state index is 0.0772. The van der Waals surface area contributed by atoms with Gasteiger partial charge in [0.15, 0.2) is 0 Å². The summed E-state index contributed by atoms with van der Waals surface area (Å²) in [4.78, 5) is 18.2. The van der Waals surface area contributed by atoms with E-state index in [-0.39, 0.29) is 24.1 Å². The van der Waals surface area contributed by atoms with Crippen LogP contribution < -0.4 is 10.2 Å². The van der Waals surface area contributed by atoms with Gasteiger partial charge in [0.05, 0.1) is 38.7 Å². The summed E-state index contributed by atoms with van der Waals surface area (Å²) in [6.45, 7) is 7.52. The summed E-state index contributed by atoms with van der Waals surface area (Å²) < 4.78 is 11.3. The van der Waals surface area contributed by atoms with Crippen molar-refractivity contribution < 1.29 is 14.3 Å². The first-order chi connectivity index (χ1) is 15.8. The summed E-state index contributed by atoms with van der Waals surface area (Å²) in [5, 5.41) is 20.9. The molecule has 0 bridgehead atoms. The van der Waals surface area contributed by atoms with Crippen LogP contribution in [0.4, 0.5) is 5.00 Å². The smallest absolute Gasteiger partial charge is 0.216 e. The molecule has 0 aliphatic carbocycles. The molecule has 2 aromatic rings. The van der Waals surface area contributed by atoms with Gasteiger partial charge >= 0.3 is 0 Å². The van der Waals surface area contributed by atoms with E-state index in [0.717, 1.165) is 32.3 Å². The number of benzene rings is 1. The number of nitrogens with zero attached hydrogens (tertiary/aromatic N) is 2. The van der Waals surface area contributed by atoms with E-state index in [2.05, 4.69) is 5.32 Å². The Bertz CT molecular complexity index is 1060. The molecule has 0 spiro atoms. The Morgan fingerprint density at radius 3 is 2.58 bits per heavy atom. The van der Waals surface area contributed by atoms with Crippen LogP contribution in [0.1, 0.15) is 35.4 Å². The van der Waals surface area contributed by atoms with E-state index in [4.69, 9.17) is 36.9 Å². The topological polar surface area (TPSA) is 111 Å². The van der Waals surface area contributed by atoms with Crippen LogP contribution in [0.25, 0.3) is 0 Å². The molecule has 3 rings (SSSR count). The van der Waals surface area contributed by atoms with E-state index in [9.17, 15) is 4.79 Å². The maximum atomic E-state index is 10.9. The number of anilines is 1. The quantitative estimate of drug-likeness (QED) is 0.280. The van der Waals surface area contributed by atoms with Gasteiger partial charge < -0.3 is 14.8 Å². The first-order valence-corrected chi connectivity index (χ1v) is 11.7. The highest BCUT2D eigenvalue weighted by Crippen LogP contribution is 2.39. The number of aliphatic imine (C=N–C) groups is 1. The summed E-state index contributed by atoms with van der Waals surface area (Å²) >= 11 is 7.59. The summed E-state index contributed by atoms with van der Waals surface area (Å²) in [6, 6.07) is 7.50. The number of ether oxygens (including phenoxy) is 2. The zero-order valence-electron chi connectivity index (χ0n) is 19.0. The zero-order chi connectivity index (χ0) is 24.0. The van der Waals surface area contributed by atoms with Crippen molar-refractivity contribution in [1.29, 1.82) is 10.8 Å². The number of halogens is 1. The van der Waals surface area contributed by atoms with Crippen molar-refractivity contribution in [3.05, 3.63) is 50.9 Å². The number of rotatable bonds is 9. The lowest BCUT2D eigenvalue weighted by molar-refractivity contribution is -0.119. The highest BCUT2D eigenvalue weighted by Gasteiger charge is 2.29. The predicted molar refractivity (Wildman–Crippen MR) is 134 cm³/mol. The Morgan fingerprint density at radius 1 is 1.21 bits per heavy atom. The van der Waals surface area contributed by atoms with Gasteiger partial charge in [0, 0.05) is 34.5 Å². The van der Waals surface area contributed by atoms with Crippen LogP contribution in [0.2, 0.25) is 5.02 Å². The first kappa shape index (κ1) is 25.0. The van der Waals surface area contributed by atoms with Gasteiger partial charge in [0.2, 0.25) is 5.91 Å². The van der Waals surface area contributed by atoms with Gasteiger partial charge in [-0.3, -0.25) is 25.5 Å². The average molecular weight is 490 g/mol. The highest BCUT2D eigenvalue weighted by molar-refractivity contribution is 7.17. The third-order valence-electron chi connectivity index (χ3n) is 5.00. The van der Waals surface area contributed by atoms with Crippen LogP contribution >= 0.6 is 22.9 Å². The van der Waals surface area contributed by atoms with Crippen LogP contribution in [0, 0.1) is 17.7 Å². The molecule has 1 aromatic carbocycles. The van der Waals surface area contributed by atoms with Gasteiger partial charge in [0.1, 0.15) is 16.7 Å². The Morgan fingerprint density at radius 2 is 1.91 bits per heavy atom. The average Bonchev–Trinajstić information content (AvgIpc) is 2.98. The van der Waals surface area contributed by atoms with Crippen LogP contribution in [-0.2, 0) is 20.9 Å². The fraction of sp³-hybridized carbons (Fsp3) is 0.391. The Hall–Kier alpha value is -2.59. The fourth-order valence-electron chi connectivity index (χ4n) is 3.43. The molecule has 3 N–H and O–H groups in total. The minimum Gasteiger partial charge on any atom is -0.377 e. The number of thiophene rings is 1. The SMILES string of the molecule is CC(=N)N1C(=N)CN=C(c2ccc(Cl)cc2)c2c1sc(COCCOCCNC(C)=O)c2C. The highest BCUT2D eigenvalue weighted by atomic mass is 35.5. The van der Waals surface area contributed by atoms with Crippen molar-refractivity contribution in [2.75, 3.05) is 37.8 Å². The molecule has 1 aliphatic heterocycles. The van der Waals surface area contributed by atoms with Crippen molar-refractivity contribution >= 4 is 51.2 Å². The summed E-state index contributed by atoms with van der Waals surface area (Å²) in [6.07, 6.45) is 0. The van der Waals surface area contributed by atoms with Gasteiger partial charge in [-0.2, -0.15) is 0 Å². The molecule has 8 nitrogen and oxygen atoms in total. The van der Waals surface area contributed by atoms with Crippen LogP contribution in [0.5, 0.6) is 0 Å².